The highest BCUT2D eigenvalue weighted by molar-refractivity contribution is 5.89. The molecule has 1 aliphatic rings. The Hall–Kier alpha value is -1.06. The van der Waals surface area contributed by atoms with Gasteiger partial charge in [0.25, 0.3) is 0 Å². The molecule has 13 heavy (non-hydrogen) atoms. The first-order chi connectivity index (χ1) is 5.97. The standard InChI is InChI=1S/C9H15NO3/c1-4-13-8(12)7-9(2,3)5-6(11)10-7/h7H,4-5H2,1-3H3,(H,10,11)/t7-/m1/s1. The minimum absolute atomic E-state index is 0.0805. The maximum absolute atomic E-state index is 11.4. The van der Waals surface area contributed by atoms with Crippen molar-refractivity contribution in [1.29, 1.82) is 0 Å². The summed E-state index contributed by atoms with van der Waals surface area (Å²) in [5.41, 5.74) is -0.330. The molecule has 1 N–H and O–H groups in total. The second-order valence-electron chi connectivity index (χ2n) is 3.92. The molecule has 0 radical (unpaired) electrons. The van der Waals surface area contributed by atoms with Gasteiger partial charge in [-0.3, -0.25) is 4.79 Å². The number of esters is 1. The Kier molecular flexibility index (Phi) is 2.59. The highest BCUT2D eigenvalue weighted by Crippen LogP contribution is 2.31. The summed E-state index contributed by atoms with van der Waals surface area (Å²) < 4.78 is 4.86. The Labute approximate surface area is 77.6 Å². The zero-order chi connectivity index (χ0) is 10.1. The lowest BCUT2D eigenvalue weighted by Gasteiger charge is -2.22. The van der Waals surface area contributed by atoms with Gasteiger partial charge in [-0.1, -0.05) is 13.8 Å². The van der Waals surface area contributed by atoms with Crippen molar-refractivity contribution in [2.75, 3.05) is 6.61 Å². The van der Waals surface area contributed by atoms with Crippen LogP contribution in [0.1, 0.15) is 27.2 Å². The zero-order valence-electron chi connectivity index (χ0n) is 8.22. The molecule has 0 aromatic carbocycles. The van der Waals surface area contributed by atoms with Crippen LogP contribution >= 0.6 is 0 Å². The average Bonchev–Trinajstić information content (AvgIpc) is 2.24. The average molecular weight is 185 g/mol. The Bertz CT molecular complexity index is 235. The van der Waals surface area contributed by atoms with Crippen molar-refractivity contribution >= 4 is 11.9 Å². The summed E-state index contributed by atoms with van der Waals surface area (Å²) in [4.78, 5) is 22.4. The van der Waals surface area contributed by atoms with E-state index in [1.807, 2.05) is 13.8 Å². The van der Waals surface area contributed by atoms with E-state index in [9.17, 15) is 9.59 Å². The minimum Gasteiger partial charge on any atom is -0.464 e. The number of nitrogens with one attached hydrogen (secondary N) is 1. The number of ether oxygens (including phenoxy) is 1. The van der Waals surface area contributed by atoms with Gasteiger partial charge in [0.1, 0.15) is 6.04 Å². The van der Waals surface area contributed by atoms with E-state index >= 15 is 0 Å². The topological polar surface area (TPSA) is 55.4 Å². The molecule has 1 amide bonds. The fourth-order valence-electron chi connectivity index (χ4n) is 1.53. The van der Waals surface area contributed by atoms with E-state index in [2.05, 4.69) is 5.32 Å². The molecule has 0 spiro atoms. The first kappa shape index (κ1) is 10.0. The summed E-state index contributed by atoms with van der Waals surface area (Å²) >= 11 is 0. The van der Waals surface area contributed by atoms with E-state index in [-0.39, 0.29) is 17.3 Å². The third-order valence-electron chi connectivity index (χ3n) is 2.23. The van der Waals surface area contributed by atoms with Crippen molar-refractivity contribution in [2.24, 2.45) is 5.41 Å². The predicted octanol–water partition coefficient (Wildman–Crippen LogP) is 0.464. The smallest absolute Gasteiger partial charge is 0.329 e. The summed E-state index contributed by atoms with van der Waals surface area (Å²) in [6.07, 6.45) is 0.385. The lowest BCUT2D eigenvalue weighted by molar-refractivity contribution is -0.148. The molecule has 0 aromatic heterocycles. The molecule has 1 fully saturated rings. The molecular weight excluding hydrogens is 170 g/mol. The van der Waals surface area contributed by atoms with Crippen LogP contribution < -0.4 is 5.32 Å². The third-order valence-corrected chi connectivity index (χ3v) is 2.23. The van der Waals surface area contributed by atoms with Crippen LogP contribution in [0.5, 0.6) is 0 Å². The van der Waals surface area contributed by atoms with Gasteiger partial charge in [-0.15, -0.1) is 0 Å². The summed E-state index contributed by atoms with van der Waals surface area (Å²) in [5, 5.41) is 2.62. The van der Waals surface area contributed by atoms with Crippen LogP contribution in [0.3, 0.4) is 0 Å². The first-order valence-electron chi connectivity index (χ1n) is 4.43. The molecule has 4 nitrogen and oxygen atoms in total. The molecule has 0 saturated carbocycles. The summed E-state index contributed by atoms with van der Waals surface area (Å²) in [6.45, 7) is 5.86. The summed E-state index contributed by atoms with van der Waals surface area (Å²) in [5.74, 6) is -0.415. The number of carbonyl (C=O) groups is 2. The van der Waals surface area contributed by atoms with Gasteiger partial charge < -0.3 is 10.1 Å². The molecule has 4 heteroatoms. The Balaban J connectivity index is 2.69. The maximum atomic E-state index is 11.4. The van der Waals surface area contributed by atoms with Crippen molar-refractivity contribution in [3.63, 3.8) is 0 Å². The van der Waals surface area contributed by atoms with Crippen LogP contribution in [-0.2, 0) is 14.3 Å². The number of hydrogen-bond acceptors (Lipinski definition) is 3. The van der Waals surface area contributed by atoms with E-state index in [1.165, 1.54) is 0 Å². The quantitative estimate of drug-likeness (QED) is 0.636. The van der Waals surface area contributed by atoms with Crippen LogP contribution in [0.15, 0.2) is 0 Å². The predicted molar refractivity (Wildman–Crippen MR) is 47.0 cm³/mol. The lowest BCUT2D eigenvalue weighted by Crippen LogP contribution is -2.42. The van der Waals surface area contributed by atoms with E-state index in [0.717, 1.165) is 0 Å². The monoisotopic (exact) mass is 185 g/mol. The van der Waals surface area contributed by atoms with E-state index in [1.54, 1.807) is 6.92 Å². The Morgan fingerprint density at radius 1 is 1.69 bits per heavy atom. The van der Waals surface area contributed by atoms with Crippen LogP contribution in [0.2, 0.25) is 0 Å². The molecule has 1 rings (SSSR count). The Morgan fingerprint density at radius 2 is 2.31 bits per heavy atom. The highest BCUT2D eigenvalue weighted by atomic mass is 16.5. The van der Waals surface area contributed by atoms with Crippen LogP contribution in [-0.4, -0.2) is 24.5 Å². The molecular formula is C9H15NO3. The van der Waals surface area contributed by atoms with Crippen molar-refractivity contribution in [2.45, 2.75) is 33.2 Å². The van der Waals surface area contributed by atoms with E-state index < -0.39 is 6.04 Å². The molecule has 0 aromatic rings. The van der Waals surface area contributed by atoms with Gasteiger partial charge in [-0.05, 0) is 6.92 Å². The lowest BCUT2D eigenvalue weighted by atomic mass is 9.85. The summed E-state index contributed by atoms with van der Waals surface area (Å²) in [7, 11) is 0. The number of rotatable bonds is 2. The summed E-state index contributed by atoms with van der Waals surface area (Å²) in [6, 6.07) is -0.486. The molecule has 1 atom stereocenters. The SMILES string of the molecule is CCOC(=O)[C@H]1NC(=O)CC1(C)C. The second-order valence-corrected chi connectivity index (χ2v) is 3.92. The number of amides is 1. The second kappa shape index (κ2) is 3.36. The largest absolute Gasteiger partial charge is 0.464 e. The third kappa shape index (κ3) is 1.99. The van der Waals surface area contributed by atoms with Gasteiger partial charge in [0.05, 0.1) is 6.61 Å². The molecule has 1 aliphatic heterocycles. The highest BCUT2D eigenvalue weighted by Gasteiger charge is 2.44. The molecule has 0 unspecified atom stereocenters. The van der Waals surface area contributed by atoms with Crippen molar-refractivity contribution in [3.8, 4) is 0 Å². The van der Waals surface area contributed by atoms with Gasteiger partial charge in [0, 0.05) is 11.8 Å². The number of carbonyl (C=O) groups excluding carboxylic acids is 2. The molecule has 74 valence electrons. The number of hydrogen-bond donors (Lipinski definition) is 1. The van der Waals surface area contributed by atoms with Gasteiger partial charge in [0.15, 0.2) is 0 Å². The van der Waals surface area contributed by atoms with E-state index in [4.69, 9.17) is 4.74 Å². The zero-order valence-corrected chi connectivity index (χ0v) is 8.22. The maximum Gasteiger partial charge on any atom is 0.329 e. The van der Waals surface area contributed by atoms with E-state index in [0.29, 0.717) is 13.0 Å². The van der Waals surface area contributed by atoms with Crippen molar-refractivity contribution in [3.05, 3.63) is 0 Å². The van der Waals surface area contributed by atoms with Gasteiger partial charge in [-0.2, -0.15) is 0 Å². The van der Waals surface area contributed by atoms with Crippen LogP contribution in [0.25, 0.3) is 0 Å². The Morgan fingerprint density at radius 3 is 2.69 bits per heavy atom. The molecule has 0 aliphatic carbocycles. The van der Waals surface area contributed by atoms with Crippen LogP contribution in [0.4, 0.5) is 0 Å². The van der Waals surface area contributed by atoms with Crippen LogP contribution in [0, 0.1) is 5.41 Å². The fraction of sp³-hybridized carbons (Fsp3) is 0.778. The first-order valence-corrected chi connectivity index (χ1v) is 4.43. The van der Waals surface area contributed by atoms with Crippen molar-refractivity contribution in [1.82, 2.24) is 5.32 Å². The molecule has 1 heterocycles. The van der Waals surface area contributed by atoms with Gasteiger partial charge >= 0.3 is 5.97 Å². The fourth-order valence-corrected chi connectivity index (χ4v) is 1.53. The normalized spacial score (nSPS) is 25.5. The molecule has 1 saturated heterocycles. The minimum atomic E-state index is -0.486. The van der Waals surface area contributed by atoms with Crippen molar-refractivity contribution < 1.29 is 14.3 Å². The molecule has 0 bridgehead atoms. The van der Waals surface area contributed by atoms with Gasteiger partial charge in [-0.25, -0.2) is 4.79 Å². The van der Waals surface area contributed by atoms with Gasteiger partial charge in [0.2, 0.25) is 5.91 Å².